The van der Waals surface area contributed by atoms with Gasteiger partial charge in [-0.2, -0.15) is 0 Å². The molecule has 0 N–H and O–H groups in total. The van der Waals surface area contributed by atoms with E-state index in [0.29, 0.717) is 17.2 Å². The summed E-state index contributed by atoms with van der Waals surface area (Å²) in [5.74, 6) is 1.62. The molecule has 3 aromatic rings. The summed E-state index contributed by atoms with van der Waals surface area (Å²) in [6.45, 7) is 0. The fourth-order valence-corrected chi connectivity index (χ4v) is 2.87. The van der Waals surface area contributed by atoms with Crippen molar-refractivity contribution in [3.63, 3.8) is 0 Å². The van der Waals surface area contributed by atoms with Crippen LogP contribution in [0.3, 0.4) is 0 Å². The van der Waals surface area contributed by atoms with Gasteiger partial charge in [0.05, 0.1) is 6.20 Å². The van der Waals surface area contributed by atoms with Crippen LogP contribution in [0.1, 0.15) is 48.4 Å². The fraction of sp³-hybridized carbons (Fsp3) is 0.286. The molecular formula is C21H21ClN2O2. The molecule has 2 aromatic heterocycles. The molecule has 0 atom stereocenters. The number of oxazole rings is 1. The molecule has 3 rings (SSSR count). The van der Waals surface area contributed by atoms with E-state index in [9.17, 15) is 4.79 Å². The van der Waals surface area contributed by atoms with Crippen LogP contribution in [-0.4, -0.2) is 15.8 Å². The molecule has 0 aliphatic carbocycles. The van der Waals surface area contributed by atoms with Gasteiger partial charge in [0.25, 0.3) is 0 Å². The molecule has 0 spiro atoms. The van der Waals surface area contributed by atoms with Crippen LogP contribution in [0.4, 0.5) is 0 Å². The van der Waals surface area contributed by atoms with Crippen LogP contribution in [0.25, 0.3) is 11.5 Å². The van der Waals surface area contributed by atoms with Crippen LogP contribution in [0.5, 0.6) is 0 Å². The molecule has 4 nitrogen and oxygen atoms in total. The first-order chi connectivity index (χ1) is 12.7. The number of hydrogen-bond donors (Lipinski definition) is 0. The van der Waals surface area contributed by atoms with Gasteiger partial charge in [0.1, 0.15) is 5.69 Å². The Balaban J connectivity index is 1.34. The molecule has 2 heterocycles. The largest absolute Gasteiger partial charge is 0.439 e. The molecule has 0 saturated heterocycles. The highest BCUT2D eigenvalue weighted by Gasteiger charge is 2.08. The van der Waals surface area contributed by atoms with Crippen molar-refractivity contribution in [2.24, 2.45) is 0 Å². The predicted octanol–water partition coefficient (Wildman–Crippen LogP) is 5.77. The Morgan fingerprint density at radius 2 is 1.77 bits per heavy atom. The smallest absolute Gasteiger partial charge is 0.194 e. The summed E-state index contributed by atoms with van der Waals surface area (Å²) in [6, 6.07) is 12.8. The number of carbonyl (C=O) groups is 1. The first-order valence-electron chi connectivity index (χ1n) is 8.87. The number of halogens is 1. The molecule has 5 heteroatoms. The molecule has 0 amide bonds. The van der Waals surface area contributed by atoms with Crippen LogP contribution in [0, 0.1) is 0 Å². The zero-order valence-corrected chi connectivity index (χ0v) is 15.3. The molecule has 1 aromatic carbocycles. The Morgan fingerprint density at radius 1 is 0.962 bits per heavy atom. The molecule has 0 radical (unpaired) electrons. The summed E-state index contributed by atoms with van der Waals surface area (Å²) in [7, 11) is 0. The highest BCUT2D eigenvalue weighted by molar-refractivity contribution is 6.30. The van der Waals surface area contributed by atoms with E-state index in [1.54, 1.807) is 36.7 Å². The fourth-order valence-electron chi connectivity index (χ4n) is 2.75. The van der Waals surface area contributed by atoms with E-state index in [4.69, 9.17) is 16.0 Å². The molecule has 0 unspecified atom stereocenters. The molecular weight excluding hydrogens is 348 g/mol. The van der Waals surface area contributed by atoms with Gasteiger partial charge in [-0.15, -0.1) is 0 Å². The molecule has 0 saturated carbocycles. The van der Waals surface area contributed by atoms with Gasteiger partial charge in [0, 0.05) is 29.6 Å². The lowest BCUT2D eigenvalue weighted by atomic mass is 10.0. The van der Waals surface area contributed by atoms with E-state index in [-0.39, 0.29) is 5.78 Å². The van der Waals surface area contributed by atoms with Crippen molar-refractivity contribution in [2.75, 3.05) is 0 Å². The summed E-state index contributed by atoms with van der Waals surface area (Å²) < 4.78 is 5.74. The number of benzene rings is 1. The van der Waals surface area contributed by atoms with E-state index in [1.807, 2.05) is 18.2 Å². The number of ketones is 1. The van der Waals surface area contributed by atoms with E-state index in [0.717, 1.165) is 49.3 Å². The minimum atomic E-state index is 0.175. The van der Waals surface area contributed by atoms with Gasteiger partial charge in [-0.3, -0.25) is 9.78 Å². The second kappa shape index (κ2) is 9.30. The standard InChI is InChI=1S/C21H21ClN2O2/c22-17-12-10-16(11-13-17)19(25)8-3-1-2-4-9-21-24-15-20(26-21)18-7-5-6-14-23-18/h5-7,10-15H,1-4,8-9H2. The van der Waals surface area contributed by atoms with Crippen molar-refractivity contribution in [2.45, 2.75) is 38.5 Å². The molecule has 26 heavy (non-hydrogen) atoms. The third-order valence-electron chi connectivity index (χ3n) is 4.18. The predicted molar refractivity (Wildman–Crippen MR) is 102 cm³/mol. The van der Waals surface area contributed by atoms with Gasteiger partial charge in [0.15, 0.2) is 17.4 Å². The Labute approximate surface area is 158 Å². The van der Waals surface area contributed by atoms with Gasteiger partial charge < -0.3 is 4.42 Å². The average Bonchev–Trinajstić information content (AvgIpc) is 3.14. The maximum absolute atomic E-state index is 12.1. The number of pyridine rings is 1. The zero-order chi connectivity index (χ0) is 18.2. The maximum atomic E-state index is 12.1. The maximum Gasteiger partial charge on any atom is 0.194 e. The summed E-state index contributed by atoms with van der Waals surface area (Å²) in [5, 5.41) is 0.652. The van der Waals surface area contributed by atoms with Crippen LogP contribution in [0.2, 0.25) is 5.02 Å². The second-order valence-corrected chi connectivity index (χ2v) is 6.61. The van der Waals surface area contributed by atoms with E-state index in [2.05, 4.69) is 9.97 Å². The summed E-state index contributed by atoms with van der Waals surface area (Å²) in [4.78, 5) is 20.6. The Morgan fingerprint density at radius 3 is 2.54 bits per heavy atom. The highest BCUT2D eigenvalue weighted by atomic mass is 35.5. The Kier molecular flexibility index (Phi) is 6.56. The number of unbranched alkanes of at least 4 members (excludes halogenated alkanes) is 3. The normalized spacial score (nSPS) is 10.8. The summed E-state index contributed by atoms with van der Waals surface area (Å²) in [6.07, 6.45) is 8.81. The third kappa shape index (κ3) is 5.27. The average molecular weight is 369 g/mol. The van der Waals surface area contributed by atoms with Gasteiger partial charge in [-0.1, -0.05) is 30.5 Å². The van der Waals surface area contributed by atoms with Crippen LogP contribution in [-0.2, 0) is 6.42 Å². The highest BCUT2D eigenvalue weighted by Crippen LogP contribution is 2.19. The zero-order valence-electron chi connectivity index (χ0n) is 14.5. The molecule has 0 fully saturated rings. The first-order valence-corrected chi connectivity index (χ1v) is 9.25. The molecule has 0 bridgehead atoms. The lowest BCUT2D eigenvalue weighted by Gasteiger charge is -2.02. The Bertz CT molecular complexity index is 829. The van der Waals surface area contributed by atoms with Crippen molar-refractivity contribution in [3.05, 3.63) is 71.3 Å². The lowest BCUT2D eigenvalue weighted by Crippen LogP contribution is -1.98. The second-order valence-electron chi connectivity index (χ2n) is 6.18. The monoisotopic (exact) mass is 368 g/mol. The number of rotatable bonds is 9. The van der Waals surface area contributed by atoms with E-state index in [1.165, 1.54) is 0 Å². The summed E-state index contributed by atoms with van der Waals surface area (Å²) >= 11 is 5.84. The van der Waals surface area contributed by atoms with E-state index >= 15 is 0 Å². The van der Waals surface area contributed by atoms with Gasteiger partial charge in [-0.05, 0) is 49.2 Å². The van der Waals surface area contributed by atoms with Crippen molar-refractivity contribution in [1.29, 1.82) is 0 Å². The minimum Gasteiger partial charge on any atom is -0.439 e. The van der Waals surface area contributed by atoms with Crippen LogP contribution >= 0.6 is 11.6 Å². The number of nitrogens with zero attached hydrogens (tertiary/aromatic N) is 2. The molecule has 0 aliphatic heterocycles. The third-order valence-corrected chi connectivity index (χ3v) is 4.43. The lowest BCUT2D eigenvalue weighted by molar-refractivity contribution is 0.0979. The first kappa shape index (κ1) is 18.3. The minimum absolute atomic E-state index is 0.175. The van der Waals surface area contributed by atoms with E-state index < -0.39 is 0 Å². The quantitative estimate of drug-likeness (QED) is 0.355. The SMILES string of the molecule is O=C(CCCCCCc1ncc(-c2ccccn2)o1)c1ccc(Cl)cc1. The van der Waals surface area contributed by atoms with Gasteiger partial charge in [0.2, 0.25) is 0 Å². The summed E-state index contributed by atoms with van der Waals surface area (Å²) in [5.41, 5.74) is 1.53. The number of carbonyl (C=O) groups excluding carboxylic acids is 1. The van der Waals surface area contributed by atoms with Crippen LogP contribution in [0.15, 0.2) is 59.3 Å². The van der Waals surface area contributed by atoms with Gasteiger partial charge >= 0.3 is 0 Å². The Hall–Kier alpha value is -2.46. The number of hydrogen-bond acceptors (Lipinski definition) is 4. The van der Waals surface area contributed by atoms with Crippen molar-refractivity contribution in [3.8, 4) is 11.5 Å². The van der Waals surface area contributed by atoms with Gasteiger partial charge in [-0.25, -0.2) is 4.98 Å². The number of aryl methyl sites for hydroxylation is 1. The molecule has 0 aliphatic rings. The number of aromatic nitrogens is 2. The molecule has 134 valence electrons. The number of Topliss-reactive ketones (excluding diaryl/α,β-unsaturated/α-hetero) is 1. The van der Waals surface area contributed by atoms with Crippen LogP contribution < -0.4 is 0 Å². The van der Waals surface area contributed by atoms with Crippen molar-refractivity contribution >= 4 is 17.4 Å². The van der Waals surface area contributed by atoms with Crippen molar-refractivity contribution in [1.82, 2.24) is 9.97 Å². The van der Waals surface area contributed by atoms with Crippen molar-refractivity contribution < 1.29 is 9.21 Å². The topological polar surface area (TPSA) is 56.0 Å².